The first-order valence-corrected chi connectivity index (χ1v) is 10.4. The number of benzene rings is 3. The van der Waals surface area contributed by atoms with Crippen molar-refractivity contribution in [1.82, 2.24) is 5.43 Å². The SMILES string of the molecule is Cc1ccc(NC(=O)COc2ccc(/C=N/NC(=O)c3ccc(C)cc3)cc2Br)cc1. The molecule has 0 saturated carbocycles. The molecule has 2 amide bonds. The van der Waals surface area contributed by atoms with Crippen LogP contribution in [-0.2, 0) is 4.79 Å². The first kappa shape index (κ1) is 22.2. The number of nitrogens with zero attached hydrogens (tertiary/aromatic N) is 1. The number of carbonyl (C=O) groups is 2. The van der Waals surface area contributed by atoms with E-state index in [4.69, 9.17) is 4.74 Å². The smallest absolute Gasteiger partial charge is 0.271 e. The van der Waals surface area contributed by atoms with Gasteiger partial charge in [-0.1, -0.05) is 35.4 Å². The van der Waals surface area contributed by atoms with Crippen LogP contribution in [0.3, 0.4) is 0 Å². The Morgan fingerprint density at radius 2 is 1.61 bits per heavy atom. The number of amides is 2. The molecule has 7 heteroatoms. The van der Waals surface area contributed by atoms with Crippen molar-refractivity contribution in [2.45, 2.75) is 13.8 Å². The minimum absolute atomic E-state index is 0.119. The predicted octanol–water partition coefficient (Wildman–Crippen LogP) is 4.85. The Hall–Kier alpha value is -3.45. The molecule has 0 bridgehead atoms. The number of nitrogens with one attached hydrogen (secondary N) is 2. The summed E-state index contributed by atoms with van der Waals surface area (Å²) in [5, 5.41) is 6.77. The number of aryl methyl sites for hydroxylation is 2. The van der Waals surface area contributed by atoms with E-state index in [1.807, 2.05) is 50.2 Å². The molecule has 0 radical (unpaired) electrons. The van der Waals surface area contributed by atoms with E-state index in [9.17, 15) is 9.59 Å². The van der Waals surface area contributed by atoms with E-state index in [1.54, 1.807) is 30.3 Å². The molecule has 3 aromatic rings. The first-order chi connectivity index (χ1) is 14.9. The quantitative estimate of drug-likeness (QED) is 0.375. The second kappa shape index (κ2) is 10.5. The number of anilines is 1. The molecule has 0 fully saturated rings. The number of hydrogen-bond acceptors (Lipinski definition) is 4. The lowest BCUT2D eigenvalue weighted by atomic mass is 10.1. The second-order valence-electron chi connectivity index (χ2n) is 6.96. The van der Waals surface area contributed by atoms with Crippen LogP contribution in [-0.4, -0.2) is 24.6 Å². The van der Waals surface area contributed by atoms with Gasteiger partial charge in [0, 0.05) is 11.3 Å². The summed E-state index contributed by atoms with van der Waals surface area (Å²) in [5.74, 6) is -0.00466. The molecule has 31 heavy (non-hydrogen) atoms. The molecule has 0 saturated heterocycles. The largest absolute Gasteiger partial charge is 0.483 e. The molecule has 0 aliphatic carbocycles. The molecule has 3 rings (SSSR count). The molecule has 0 aliphatic rings. The Balaban J connectivity index is 1.51. The van der Waals surface area contributed by atoms with Crippen molar-refractivity contribution in [3.8, 4) is 5.75 Å². The van der Waals surface area contributed by atoms with E-state index >= 15 is 0 Å². The van der Waals surface area contributed by atoms with E-state index in [0.717, 1.165) is 22.4 Å². The standard InChI is InChI=1S/C24H22BrN3O3/c1-16-3-8-19(9-4-16)24(30)28-26-14-18-7-12-22(21(25)13-18)31-15-23(29)27-20-10-5-17(2)6-11-20/h3-14H,15H2,1-2H3,(H,27,29)(H,28,30)/b26-14+. The topological polar surface area (TPSA) is 79.8 Å². The van der Waals surface area contributed by atoms with E-state index in [1.165, 1.54) is 6.21 Å². The highest BCUT2D eigenvalue weighted by Gasteiger charge is 2.07. The van der Waals surface area contributed by atoms with E-state index < -0.39 is 0 Å². The summed E-state index contributed by atoms with van der Waals surface area (Å²) in [7, 11) is 0. The number of halogens is 1. The van der Waals surface area contributed by atoms with Gasteiger partial charge in [0.1, 0.15) is 5.75 Å². The highest BCUT2D eigenvalue weighted by atomic mass is 79.9. The minimum atomic E-state index is -0.283. The zero-order valence-electron chi connectivity index (χ0n) is 17.2. The minimum Gasteiger partial charge on any atom is -0.483 e. The summed E-state index contributed by atoms with van der Waals surface area (Å²) in [5.41, 5.74) is 6.72. The molecular weight excluding hydrogens is 458 g/mol. The van der Waals surface area contributed by atoms with Gasteiger partial charge < -0.3 is 10.1 Å². The zero-order chi connectivity index (χ0) is 22.2. The van der Waals surface area contributed by atoms with Crippen LogP contribution in [0.2, 0.25) is 0 Å². The van der Waals surface area contributed by atoms with Gasteiger partial charge >= 0.3 is 0 Å². The van der Waals surface area contributed by atoms with Crippen molar-refractivity contribution in [2.24, 2.45) is 5.10 Å². The molecule has 0 aromatic heterocycles. The Labute approximate surface area is 189 Å². The maximum absolute atomic E-state index is 12.1. The van der Waals surface area contributed by atoms with E-state index in [2.05, 4.69) is 31.8 Å². The fraction of sp³-hybridized carbons (Fsp3) is 0.125. The van der Waals surface area contributed by atoms with Gasteiger partial charge in [-0.25, -0.2) is 5.43 Å². The van der Waals surface area contributed by atoms with Gasteiger partial charge in [0.25, 0.3) is 11.8 Å². The molecule has 3 aromatic carbocycles. The van der Waals surface area contributed by atoms with Crippen molar-refractivity contribution in [1.29, 1.82) is 0 Å². The Kier molecular flexibility index (Phi) is 7.56. The molecule has 2 N–H and O–H groups in total. The summed E-state index contributed by atoms with van der Waals surface area (Å²) in [6, 6.07) is 20.1. The van der Waals surface area contributed by atoms with Gasteiger partial charge in [0.2, 0.25) is 0 Å². The summed E-state index contributed by atoms with van der Waals surface area (Å²) in [6.45, 7) is 3.83. The lowest BCUT2D eigenvalue weighted by Crippen LogP contribution is -2.20. The average molecular weight is 480 g/mol. The van der Waals surface area contributed by atoms with E-state index in [0.29, 0.717) is 15.8 Å². The normalized spacial score (nSPS) is 10.7. The van der Waals surface area contributed by atoms with Crippen molar-refractivity contribution in [3.63, 3.8) is 0 Å². The number of ether oxygens (including phenoxy) is 1. The van der Waals surface area contributed by atoms with Gasteiger partial charge in [0.15, 0.2) is 6.61 Å². The fourth-order valence-corrected chi connectivity index (χ4v) is 3.14. The Morgan fingerprint density at radius 3 is 2.26 bits per heavy atom. The fourth-order valence-electron chi connectivity index (χ4n) is 2.63. The third kappa shape index (κ3) is 6.79. The second-order valence-corrected chi connectivity index (χ2v) is 7.81. The Morgan fingerprint density at radius 1 is 0.968 bits per heavy atom. The van der Waals surface area contributed by atoms with Gasteiger partial charge in [-0.05, 0) is 77.8 Å². The van der Waals surface area contributed by atoms with Crippen molar-refractivity contribution < 1.29 is 14.3 Å². The molecule has 0 unspecified atom stereocenters. The van der Waals surface area contributed by atoms with Crippen LogP contribution in [0.25, 0.3) is 0 Å². The molecular formula is C24H22BrN3O3. The van der Waals surface area contributed by atoms with Crippen molar-refractivity contribution in [3.05, 3.63) is 93.5 Å². The molecule has 158 valence electrons. The van der Waals surface area contributed by atoms with Crippen LogP contribution < -0.4 is 15.5 Å². The van der Waals surface area contributed by atoms with Gasteiger partial charge in [0.05, 0.1) is 10.7 Å². The Bertz CT molecular complexity index is 1090. The van der Waals surface area contributed by atoms with Gasteiger partial charge in [-0.15, -0.1) is 0 Å². The number of carbonyl (C=O) groups excluding carboxylic acids is 2. The highest BCUT2D eigenvalue weighted by Crippen LogP contribution is 2.25. The van der Waals surface area contributed by atoms with Gasteiger partial charge in [-0.3, -0.25) is 9.59 Å². The lowest BCUT2D eigenvalue weighted by Gasteiger charge is -2.09. The number of rotatable bonds is 7. The summed E-state index contributed by atoms with van der Waals surface area (Å²) in [6.07, 6.45) is 1.53. The summed E-state index contributed by atoms with van der Waals surface area (Å²) >= 11 is 3.43. The zero-order valence-corrected chi connectivity index (χ0v) is 18.8. The van der Waals surface area contributed by atoms with Gasteiger partial charge in [-0.2, -0.15) is 5.10 Å². The van der Waals surface area contributed by atoms with Crippen LogP contribution in [0.5, 0.6) is 5.75 Å². The highest BCUT2D eigenvalue weighted by molar-refractivity contribution is 9.10. The molecule has 0 aliphatic heterocycles. The molecule has 0 spiro atoms. The lowest BCUT2D eigenvalue weighted by molar-refractivity contribution is -0.118. The van der Waals surface area contributed by atoms with Crippen LogP contribution in [0.15, 0.2) is 76.3 Å². The van der Waals surface area contributed by atoms with Crippen LogP contribution in [0.1, 0.15) is 27.0 Å². The maximum Gasteiger partial charge on any atom is 0.271 e. The molecule has 0 heterocycles. The van der Waals surface area contributed by atoms with E-state index in [-0.39, 0.29) is 18.4 Å². The molecule has 6 nitrogen and oxygen atoms in total. The third-order valence-electron chi connectivity index (χ3n) is 4.34. The summed E-state index contributed by atoms with van der Waals surface area (Å²) in [4.78, 5) is 24.1. The molecule has 0 atom stereocenters. The summed E-state index contributed by atoms with van der Waals surface area (Å²) < 4.78 is 6.26. The number of hydrazone groups is 1. The third-order valence-corrected chi connectivity index (χ3v) is 4.96. The van der Waals surface area contributed by atoms with Crippen molar-refractivity contribution in [2.75, 3.05) is 11.9 Å². The van der Waals surface area contributed by atoms with Crippen LogP contribution in [0.4, 0.5) is 5.69 Å². The predicted molar refractivity (Wildman–Crippen MR) is 126 cm³/mol. The van der Waals surface area contributed by atoms with Crippen LogP contribution >= 0.6 is 15.9 Å². The average Bonchev–Trinajstić information content (AvgIpc) is 2.75. The van der Waals surface area contributed by atoms with Crippen LogP contribution in [0, 0.1) is 13.8 Å². The van der Waals surface area contributed by atoms with Crippen molar-refractivity contribution >= 4 is 39.6 Å². The maximum atomic E-state index is 12.1. The monoisotopic (exact) mass is 479 g/mol. The first-order valence-electron chi connectivity index (χ1n) is 9.59. The number of hydrogen-bond donors (Lipinski definition) is 2.